The van der Waals surface area contributed by atoms with Crippen molar-refractivity contribution in [3.8, 4) is 5.75 Å². The molecule has 1 aliphatic rings. The SMILES string of the molecule is O[C@H](CCN1CCC(Oc2ccccc2)CC1)c1ccccc1. The first-order valence-electron chi connectivity index (χ1n) is 8.48. The van der Waals surface area contributed by atoms with E-state index in [4.69, 9.17) is 4.74 Å². The van der Waals surface area contributed by atoms with Gasteiger partial charge in [0.15, 0.2) is 0 Å². The number of para-hydroxylation sites is 1. The molecule has 1 aliphatic heterocycles. The number of aliphatic hydroxyl groups excluding tert-OH is 1. The molecule has 0 amide bonds. The maximum atomic E-state index is 10.2. The average Bonchev–Trinajstić information content (AvgIpc) is 2.62. The lowest BCUT2D eigenvalue weighted by molar-refractivity contribution is 0.0848. The summed E-state index contributed by atoms with van der Waals surface area (Å²) in [5.41, 5.74) is 1.01. The number of aliphatic hydroxyl groups is 1. The van der Waals surface area contributed by atoms with Gasteiger partial charge in [-0.1, -0.05) is 48.5 Å². The Morgan fingerprint density at radius 3 is 2.22 bits per heavy atom. The van der Waals surface area contributed by atoms with Crippen LogP contribution in [0.25, 0.3) is 0 Å². The Morgan fingerprint density at radius 1 is 0.957 bits per heavy atom. The van der Waals surface area contributed by atoms with Crippen LogP contribution in [-0.4, -0.2) is 35.7 Å². The number of likely N-dealkylation sites (tertiary alicyclic amines) is 1. The van der Waals surface area contributed by atoms with E-state index < -0.39 is 0 Å². The van der Waals surface area contributed by atoms with E-state index in [1.54, 1.807) is 0 Å². The molecule has 1 atom stereocenters. The molecule has 2 aromatic rings. The molecule has 1 fully saturated rings. The third kappa shape index (κ3) is 4.81. The zero-order valence-electron chi connectivity index (χ0n) is 13.5. The maximum Gasteiger partial charge on any atom is 0.119 e. The average molecular weight is 311 g/mol. The minimum absolute atomic E-state index is 0.313. The highest BCUT2D eigenvalue weighted by Crippen LogP contribution is 2.21. The number of nitrogens with zero attached hydrogens (tertiary/aromatic N) is 1. The molecule has 0 aliphatic carbocycles. The highest BCUT2D eigenvalue weighted by atomic mass is 16.5. The molecular weight excluding hydrogens is 286 g/mol. The number of benzene rings is 2. The molecule has 3 nitrogen and oxygen atoms in total. The summed E-state index contributed by atoms with van der Waals surface area (Å²) in [6, 6.07) is 20.0. The molecule has 0 bridgehead atoms. The molecule has 1 N–H and O–H groups in total. The third-order valence-electron chi connectivity index (χ3n) is 4.48. The molecule has 23 heavy (non-hydrogen) atoms. The fourth-order valence-corrected chi connectivity index (χ4v) is 3.09. The Bertz CT molecular complexity index is 565. The van der Waals surface area contributed by atoms with Crippen LogP contribution in [0.4, 0.5) is 0 Å². The zero-order chi connectivity index (χ0) is 15.9. The van der Waals surface area contributed by atoms with Gasteiger partial charge in [-0.15, -0.1) is 0 Å². The fraction of sp³-hybridized carbons (Fsp3) is 0.400. The van der Waals surface area contributed by atoms with Crippen LogP contribution < -0.4 is 4.74 Å². The molecule has 0 unspecified atom stereocenters. The minimum atomic E-state index is -0.366. The van der Waals surface area contributed by atoms with Gasteiger partial charge in [0.25, 0.3) is 0 Å². The highest BCUT2D eigenvalue weighted by molar-refractivity contribution is 5.21. The van der Waals surface area contributed by atoms with Gasteiger partial charge in [0.05, 0.1) is 6.10 Å². The number of piperidine rings is 1. The van der Waals surface area contributed by atoms with Crippen molar-refractivity contribution in [3.63, 3.8) is 0 Å². The molecule has 0 aromatic heterocycles. The van der Waals surface area contributed by atoms with Gasteiger partial charge in [-0.05, 0) is 37.0 Å². The van der Waals surface area contributed by atoms with Gasteiger partial charge in [-0.25, -0.2) is 0 Å². The summed E-state index contributed by atoms with van der Waals surface area (Å²) >= 11 is 0. The standard InChI is InChI=1S/C20H25NO2/c22-20(17-7-3-1-4-8-17)13-16-21-14-11-19(12-15-21)23-18-9-5-2-6-10-18/h1-10,19-20,22H,11-16H2/t20-/m1/s1. The van der Waals surface area contributed by atoms with Gasteiger partial charge in [-0.2, -0.15) is 0 Å². The smallest absolute Gasteiger partial charge is 0.119 e. The predicted molar refractivity (Wildman–Crippen MR) is 92.6 cm³/mol. The molecule has 3 heteroatoms. The molecule has 3 rings (SSSR count). The summed E-state index contributed by atoms with van der Waals surface area (Å²) in [7, 11) is 0. The van der Waals surface area contributed by atoms with E-state index in [9.17, 15) is 5.11 Å². The van der Waals surface area contributed by atoms with E-state index in [2.05, 4.69) is 4.90 Å². The molecular formula is C20H25NO2. The number of ether oxygens (including phenoxy) is 1. The molecule has 0 spiro atoms. The summed E-state index contributed by atoms with van der Waals surface area (Å²) in [5.74, 6) is 0.963. The van der Waals surface area contributed by atoms with E-state index in [0.717, 1.165) is 50.2 Å². The molecule has 122 valence electrons. The zero-order valence-corrected chi connectivity index (χ0v) is 13.5. The second-order valence-electron chi connectivity index (χ2n) is 6.19. The summed E-state index contributed by atoms with van der Waals surface area (Å²) in [5, 5.41) is 10.2. The van der Waals surface area contributed by atoms with Crippen LogP contribution in [-0.2, 0) is 0 Å². The second-order valence-corrected chi connectivity index (χ2v) is 6.19. The monoisotopic (exact) mass is 311 g/mol. The van der Waals surface area contributed by atoms with Crippen LogP contribution in [0.3, 0.4) is 0 Å². The van der Waals surface area contributed by atoms with E-state index in [-0.39, 0.29) is 6.10 Å². The van der Waals surface area contributed by atoms with Crippen molar-refractivity contribution in [3.05, 3.63) is 66.2 Å². The van der Waals surface area contributed by atoms with Crippen molar-refractivity contribution in [1.29, 1.82) is 0 Å². The van der Waals surface area contributed by atoms with Crippen LogP contribution in [0.1, 0.15) is 30.9 Å². The molecule has 2 aromatic carbocycles. The normalized spacial score (nSPS) is 17.8. The first-order valence-corrected chi connectivity index (χ1v) is 8.48. The van der Waals surface area contributed by atoms with Crippen molar-refractivity contribution in [2.75, 3.05) is 19.6 Å². The summed E-state index contributed by atoms with van der Waals surface area (Å²) < 4.78 is 6.02. The van der Waals surface area contributed by atoms with Crippen molar-refractivity contribution in [2.45, 2.75) is 31.5 Å². The van der Waals surface area contributed by atoms with Gasteiger partial charge in [-0.3, -0.25) is 0 Å². The van der Waals surface area contributed by atoms with E-state index in [1.165, 1.54) is 0 Å². The van der Waals surface area contributed by atoms with Gasteiger partial charge < -0.3 is 14.7 Å². The molecule has 0 saturated carbocycles. The van der Waals surface area contributed by atoms with E-state index >= 15 is 0 Å². The predicted octanol–water partition coefficient (Wildman–Crippen LogP) is 3.65. The van der Waals surface area contributed by atoms with Gasteiger partial charge >= 0.3 is 0 Å². The van der Waals surface area contributed by atoms with Gasteiger partial charge in [0, 0.05) is 19.6 Å². The van der Waals surface area contributed by atoms with Crippen molar-refractivity contribution in [2.24, 2.45) is 0 Å². The van der Waals surface area contributed by atoms with Crippen molar-refractivity contribution >= 4 is 0 Å². The van der Waals surface area contributed by atoms with Crippen LogP contribution in [0, 0.1) is 0 Å². The Balaban J connectivity index is 1.39. The summed E-state index contributed by atoms with van der Waals surface area (Å²) in [6.45, 7) is 3.02. The number of rotatable bonds is 6. The maximum absolute atomic E-state index is 10.2. The van der Waals surface area contributed by atoms with Gasteiger partial charge in [0.2, 0.25) is 0 Å². The molecule has 1 saturated heterocycles. The summed E-state index contributed by atoms with van der Waals surface area (Å²) in [6.07, 6.45) is 2.84. The quantitative estimate of drug-likeness (QED) is 0.884. The third-order valence-corrected chi connectivity index (χ3v) is 4.48. The Kier molecular flexibility index (Phi) is 5.67. The second kappa shape index (κ2) is 8.14. The topological polar surface area (TPSA) is 32.7 Å². The number of hydrogen-bond donors (Lipinski definition) is 1. The first-order chi connectivity index (χ1) is 11.3. The largest absolute Gasteiger partial charge is 0.490 e. The summed E-state index contributed by atoms with van der Waals surface area (Å²) in [4.78, 5) is 2.43. The minimum Gasteiger partial charge on any atom is -0.490 e. The number of hydrogen-bond acceptors (Lipinski definition) is 3. The first kappa shape index (κ1) is 16.0. The highest BCUT2D eigenvalue weighted by Gasteiger charge is 2.21. The van der Waals surface area contributed by atoms with Crippen LogP contribution in [0.15, 0.2) is 60.7 Å². The lowest BCUT2D eigenvalue weighted by Crippen LogP contribution is -2.39. The lowest BCUT2D eigenvalue weighted by atomic mass is 10.0. The molecule has 0 radical (unpaired) electrons. The van der Waals surface area contributed by atoms with E-state index in [0.29, 0.717) is 6.10 Å². The van der Waals surface area contributed by atoms with Crippen molar-refractivity contribution in [1.82, 2.24) is 4.90 Å². The lowest BCUT2D eigenvalue weighted by Gasteiger charge is -2.32. The van der Waals surface area contributed by atoms with Crippen LogP contribution in [0.5, 0.6) is 5.75 Å². The Morgan fingerprint density at radius 2 is 1.57 bits per heavy atom. The van der Waals surface area contributed by atoms with Gasteiger partial charge in [0.1, 0.15) is 11.9 Å². The Hall–Kier alpha value is -1.84. The Labute approximate surface area is 138 Å². The fourth-order valence-electron chi connectivity index (χ4n) is 3.09. The van der Waals surface area contributed by atoms with E-state index in [1.807, 2.05) is 60.7 Å². The van der Waals surface area contributed by atoms with Crippen molar-refractivity contribution < 1.29 is 9.84 Å². The molecule has 1 heterocycles. The van der Waals surface area contributed by atoms with Crippen LogP contribution >= 0.6 is 0 Å². The van der Waals surface area contributed by atoms with Crippen LogP contribution in [0.2, 0.25) is 0 Å².